The van der Waals surface area contributed by atoms with Crippen molar-refractivity contribution in [3.8, 4) is 11.3 Å². The third kappa shape index (κ3) is 3.41. The van der Waals surface area contributed by atoms with Crippen molar-refractivity contribution in [2.75, 3.05) is 0 Å². The Hall–Kier alpha value is -1.90. The molecule has 0 amide bonds. The molecule has 0 radical (unpaired) electrons. The van der Waals surface area contributed by atoms with Gasteiger partial charge in [-0.15, -0.1) is 0 Å². The minimum Gasteiger partial charge on any atom is -0.264 e. The first kappa shape index (κ1) is 15.5. The zero-order chi connectivity index (χ0) is 15.8. The van der Waals surface area contributed by atoms with Crippen LogP contribution in [-0.4, -0.2) is 15.0 Å². The fourth-order valence-electron chi connectivity index (χ4n) is 1.53. The predicted molar refractivity (Wildman–Crippen MR) is 60.3 cm³/mol. The van der Waals surface area contributed by atoms with Crippen LogP contribution in [0.2, 0.25) is 5.15 Å². The van der Waals surface area contributed by atoms with Gasteiger partial charge in [0.15, 0.2) is 0 Å². The maximum absolute atomic E-state index is 12.8. The zero-order valence-corrected chi connectivity index (χ0v) is 10.6. The van der Waals surface area contributed by atoms with E-state index < -0.39 is 40.2 Å². The van der Waals surface area contributed by atoms with Gasteiger partial charge < -0.3 is 0 Å². The molecule has 0 spiro atoms. The summed E-state index contributed by atoms with van der Waals surface area (Å²) in [6, 6.07) is 1.45. The van der Waals surface area contributed by atoms with E-state index in [2.05, 4.69) is 15.0 Å². The van der Waals surface area contributed by atoms with Gasteiger partial charge in [-0.2, -0.15) is 26.3 Å². The maximum Gasteiger partial charge on any atom is 0.451 e. The maximum atomic E-state index is 12.8. The highest BCUT2D eigenvalue weighted by molar-refractivity contribution is 6.29. The van der Waals surface area contributed by atoms with E-state index in [4.69, 9.17) is 11.6 Å². The fourth-order valence-corrected chi connectivity index (χ4v) is 1.71. The molecule has 2 aromatic rings. The Balaban J connectivity index is 2.66. The standard InChI is InChI=1S/C11H4ClF6N3/c12-8-3-7(20-9(21-8)11(16,17)18)5-4-19-2-1-6(5)10(13,14)15/h1-4H. The monoisotopic (exact) mass is 327 g/mol. The van der Waals surface area contributed by atoms with Crippen LogP contribution in [0, 0.1) is 0 Å². The molecule has 2 heterocycles. The number of halogens is 7. The predicted octanol–water partition coefficient (Wildman–Crippen LogP) is 4.23. The molecule has 2 rings (SSSR count). The highest BCUT2D eigenvalue weighted by Gasteiger charge is 2.37. The van der Waals surface area contributed by atoms with Gasteiger partial charge in [-0.05, 0) is 6.07 Å². The van der Waals surface area contributed by atoms with Crippen LogP contribution in [0.4, 0.5) is 26.3 Å². The van der Waals surface area contributed by atoms with E-state index in [9.17, 15) is 26.3 Å². The molecule has 0 atom stereocenters. The SMILES string of the molecule is FC(F)(F)c1nc(Cl)cc(-c2cnccc2C(F)(F)F)n1. The molecule has 0 fully saturated rings. The number of hydrogen-bond donors (Lipinski definition) is 0. The Morgan fingerprint density at radius 1 is 0.952 bits per heavy atom. The number of nitrogens with zero attached hydrogens (tertiary/aromatic N) is 3. The Morgan fingerprint density at radius 3 is 2.19 bits per heavy atom. The van der Waals surface area contributed by atoms with E-state index >= 15 is 0 Å². The topological polar surface area (TPSA) is 38.7 Å². The van der Waals surface area contributed by atoms with Gasteiger partial charge in [0.05, 0.1) is 11.3 Å². The van der Waals surface area contributed by atoms with Crippen LogP contribution in [-0.2, 0) is 12.4 Å². The Labute approximate surface area is 118 Å². The second-order valence-electron chi connectivity index (χ2n) is 3.82. The molecule has 0 unspecified atom stereocenters. The van der Waals surface area contributed by atoms with Crippen molar-refractivity contribution in [2.45, 2.75) is 12.4 Å². The van der Waals surface area contributed by atoms with E-state index in [1.54, 1.807) is 0 Å². The smallest absolute Gasteiger partial charge is 0.264 e. The van der Waals surface area contributed by atoms with Crippen molar-refractivity contribution >= 4 is 11.6 Å². The Bertz CT molecular complexity index is 668. The van der Waals surface area contributed by atoms with Gasteiger partial charge in [-0.3, -0.25) is 4.98 Å². The lowest BCUT2D eigenvalue weighted by Crippen LogP contribution is -2.13. The molecule has 112 valence electrons. The number of pyridine rings is 1. The number of aromatic nitrogens is 3. The Morgan fingerprint density at radius 2 is 1.62 bits per heavy atom. The van der Waals surface area contributed by atoms with E-state index in [0.29, 0.717) is 6.07 Å². The van der Waals surface area contributed by atoms with E-state index in [0.717, 1.165) is 18.5 Å². The van der Waals surface area contributed by atoms with Gasteiger partial charge in [0, 0.05) is 24.0 Å². The first-order chi connectivity index (χ1) is 9.59. The fraction of sp³-hybridized carbons (Fsp3) is 0.182. The molecule has 2 aromatic heterocycles. The summed E-state index contributed by atoms with van der Waals surface area (Å²) in [7, 11) is 0. The van der Waals surface area contributed by atoms with Crippen LogP contribution in [0.25, 0.3) is 11.3 Å². The minimum absolute atomic E-state index is 0.609. The first-order valence-electron chi connectivity index (χ1n) is 5.22. The van der Waals surface area contributed by atoms with Crippen molar-refractivity contribution in [2.24, 2.45) is 0 Å². The van der Waals surface area contributed by atoms with Crippen LogP contribution < -0.4 is 0 Å². The van der Waals surface area contributed by atoms with Gasteiger partial charge in [-0.1, -0.05) is 11.6 Å². The quantitative estimate of drug-likeness (QED) is 0.581. The van der Waals surface area contributed by atoms with E-state index in [-0.39, 0.29) is 0 Å². The molecule has 0 bridgehead atoms. The summed E-state index contributed by atoms with van der Waals surface area (Å²) in [4.78, 5) is 9.51. The number of rotatable bonds is 1. The summed E-state index contributed by atoms with van der Waals surface area (Å²) in [6.45, 7) is 0. The number of alkyl halides is 6. The summed E-state index contributed by atoms with van der Waals surface area (Å²) in [6.07, 6.45) is -8.06. The lowest BCUT2D eigenvalue weighted by molar-refractivity contribution is -0.144. The molecule has 0 aromatic carbocycles. The molecule has 0 N–H and O–H groups in total. The van der Waals surface area contributed by atoms with Crippen molar-refractivity contribution in [1.82, 2.24) is 15.0 Å². The molecule has 10 heteroatoms. The normalized spacial score (nSPS) is 12.5. The average molecular weight is 328 g/mol. The second kappa shape index (κ2) is 5.14. The van der Waals surface area contributed by atoms with Gasteiger partial charge in [0.2, 0.25) is 5.82 Å². The molecular formula is C11H4ClF6N3. The van der Waals surface area contributed by atoms with Gasteiger partial charge in [0.1, 0.15) is 5.15 Å². The third-order valence-corrected chi connectivity index (χ3v) is 2.54. The second-order valence-corrected chi connectivity index (χ2v) is 4.20. The molecule has 21 heavy (non-hydrogen) atoms. The zero-order valence-electron chi connectivity index (χ0n) is 9.80. The molecule has 0 aliphatic rings. The van der Waals surface area contributed by atoms with Crippen LogP contribution in [0.1, 0.15) is 11.4 Å². The molecular weight excluding hydrogens is 324 g/mol. The van der Waals surface area contributed by atoms with E-state index in [1.165, 1.54) is 0 Å². The average Bonchev–Trinajstić information content (AvgIpc) is 2.36. The highest BCUT2D eigenvalue weighted by Crippen LogP contribution is 2.37. The molecule has 0 aliphatic heterocycles. The third-order valence-electron chi connectivity index (χ3n) is 2.35. The van der Waals surface area contributed by atoms with Crippen LogP contribution in [0.5, 0.6) is 0 Å². The van der Waals surface area contributed by atoms with E-state index in [1.807, 2.05) is 0 Å². The summed E-state index contributed by atoms with van der Waals surface area (Å²) in [5, 5.41) is -0.621. The van der Waals surface area contributed by atoms with Crippen molar-refractivity contribution in [3.05, 3.63) is 41.1 Å². The van der Waals surface area contributed by atoms with Crippen LogP contribution >= 0.6 is 11.6 Å². The minimum atomic E-state index is -4.93. The lowest BCUT2D eigenvalue weighted by atomic mass is 10.1. The summed E-state index contributed by atoms with van der Waals surface area (Å²) < 4.78 is 76.3. The Kier molecular flexibility index (Phi) is 3.79. The first-order valence-corrected chi connectivity index (χ1v) is 5.60. The van der Waals surface area contributed by atoms with Crippen molar-refractivity contribution < 1.29 is 26.3 Å². The molecule has 0 saturated heterocycles. The summed E-state index contributed by atoms with van der Waals surface area (Å²) >= 11 is 5.42. The van der Waals surface area contributed by atoms with Gasteiger partial charge in [0.25, 0.3) is 0 Å². The van der Waals surface area contributed by atoms with Crippen molar-refractivity contribution in [1.29, 1.82) is 0 Å². The van der Waals surface area contributed by atoms with Crippen molar-refractivity contribution in [3.63, 3.8) is 0 Å². The van der Waals surface area contributed by atoms with Gasteiger partial charge >= 0.3 is 12.4 Å². The number of hydrogen-bond acceptors (Lipinski definition) is 3. The molecule has 3 nitrogen and oxygen atoms in total. The summed E-state index contributed by atoms with van der Waals surface area (Å²) in [5.41, 5.74) is -2.39. The highest BCUT2D eigenvalue weighted by atomic mass is 35.5. The molecule has 0 aliphatic carbocycles. The largest absolute Gasteiger partial charge is 0.451 e. The lowest BCUT2D eigenvalue weighted by Gasteiger charge is -2.13. The molecule has 0 saturated carbocycles. The van der Waals surface area contributed by atoms with Crippen LogP contribution in [0.3, 0.4) is 0 Å². The summed E-state index contributed by atoms with van der Waals surface area (Å²) in [5.74, 6) is -1.62. The van der Waals surface area contributed by atoms with Crippen LogP contribution in [0.15, 0.2) is 24.5 Å². The van der Waals surface area contributed by atoms with Gasteiger partial charge in [-0.25, -0.2) is 9.97 Å².